The van der Waals surface area contributed by atoms with Crippen LogP contribution in [0.25, 0.3) is 11.4 Å². The van der Waals surface area contributed by atoms with E-state index in [4.69, 9.17) is 0 Å². The van der Waals surface area contributed by atoms with Gasteiger partial charge in [0.2, 0.25) is 0 Å². The van der Waals surface area contributed by atoms with Gasteiger partial charge in [0.15, 0.2) is 5.82 Å². The Balaban J connectivity index is 1.90. The lowest BCUT2D eigenvalue weighted by atomic mass is 9.99. The van der Waals surface area contributed by atoms with Crippen LogP contribution in [0.5, 0.6) is 0 Å². The number of hydrogen-bond acceptors (Lipinski definition) is 3. The van der Waals surface area contributed by atoms with Crippen LogP contribution in [0.2, 0.25) is 0 Å². The molecule has 0 aliphatic carbocycles. The van der Waals surface area contributed by atoms with Crippen molar-refractivity contribution in [2.24, 2.45) is 5.92 Å². The average molecular weight is 329 g/mol. The van der Waals surface area contributed by atoms with Crippen molar-refractivity contribution >= 4 is 11.7 Å². The summed E-state index contributed by atoms with van der Waals surface area (Å²) in [4.78, 5) is 16.4. The molecule has 1 aromatic heterocycles. The fraction of sp³-hybridized carbons (Fsp3) is 0.500. The summed E-state index contributed by atoms with van der Waals surface area (Å²) >= 11 is 0. The van der Waals surface area contributed by atoms with Gasteiger partial charge in [-0.05, 0) is 31.4 Å². The molecule has 0 aliphatic rings. The number of carbonyl (C=O) groups is 1. The lowest BCUT2D eigenvalue weighted by Gasteiger charge is -2.15. The highest BCUT2D eigenvalue weighted by molar-refractivity contribution is 5.89. The molecule has 6 nitrogen and oxygen atoms in total. The highest BCUT2D eigenvalue weighted by Gasteiger charge is 2.09. The van der Waals surface area contributed by atoms with Gasteiger partial charge in [-0.2, -0.15) is 5.10 Å². The minimum absolute atomic E-state index is 0.173. The largest absolute Gasteiger partial charge is 0.338 e. The number of H-pyrrole nitrogens is 1. The number of benzene rings is 1. The second-order valence-electron chi connectivity index (χ2n) is 6.08. The number of nitrogens with one attached hydrogen (secondary N) is 3. The van der Waals surface area contributed by atoms with Crippen LogP contribution in [0, 0.1) is 12.8 Å². The summed E-state index contributed by atoms with van der Waals surface area (Å²) in [6.45, 7) is 6.93. The third-order valence-corrected chi connectivity index (χ3v) is 4.07. The molecule has 130 valence electrons. The number of rotatable bonds is 8. The molecule has 2 aromatic rings. The summed E-state index contributed by atoms with van der Waals surface area (Å²) in [5.74, 6) is 1.93. The number of anilines is 1. The molecule has 0 radical (unpaired) electrons. The summed E-state index contributed by atoms with van der Waals surface area (Å²) in [7, 11) is 0. The number of aromatic nitrogens is 3. The Hall–Kier alpha value is -2.37. The lowest BCUT2D eigenvalue weighted by Crippen LogP contribution is -2.33. The normalized spacial score (nSPS) is 12.0. The van der Waals surface area contributed by atoms with Crippen LogP contribution in [-0.2, 0) is 0 Å². The number of aryl methyl sites for hydroxylation is 1. The van der Waals surface area contributed by atoms with E-state index in [-0.39, 0.29) is 6.03 Å². The second-order valence-corrected chi connectivity index (χ2v) is 6.08. The number of urea groups is 1. The highest BCUT2D eigenvalue weighted by atomic mass is 16.2. The van der Waals surface area contributed by atoms with Gasteiger partial charge < -0.3 is 10.6 Å². The molecule has 6 heteroatoms. The van der Waals surface area contributed by atoms with Crippen molar-refractivity contribution in [3.8, 4) is 11.4 Å². The van der Waals surface area contributed by atoms with Crippen LogP contribution in [0.15, 0.2) is 24.3 Å². The molecule has 2 amide bonds. The standard InChI is InChI=1S/C18H27N5O/c1-4-6-8-14(5-2)12-19-18(24)21-16-10-7-9-15(11-16)17-20-13(3)22-23-17/h7,9-11,14H,4-6,8,12H2,1-3H3,(H2,19,21,24)(H,20,22,23). The Labute approximate surface area is 143 Å². The SMILES string of the molecule is CCCCC(CC)CNC(=O)Nc1cccc(-c2n[nH]c(C)n2)c1. The number of carbonyl (C=O) groups excluding carboxylic acids is 1. The monoisotopic (exact) mass is 329 g/mol. The third kappa shape index (κ3) is 5.37. The molecule has 0 spiro atoms. The van der Waals surface area contributed by atoms with Gasteiger partial charge >= 0.3 is 6.03 Å². The van der Waals surface area contributed by atoms with Crippen LogP contribution >= 0.6 is 0 Å². The Kier molecular flexibility index (Phi) is 6.78. The van der Waals surface area contributed by atoms with Crippen LogP contribution < -0.4 is 10.6 Å². The van der Waals surface area contributed by atoms with E-state index in [0.29, 0.717) is 18.3 Å². The molecule has 0 aliphatic heterocycles. The Morgan fingerprint density at radius 3 is 2.83 bits per heavy atom. The minimum Gasteiger partial charge on any atom is -0.338 e. The van der Waals surface area contributed by atoms with E-state index in [0.717, 1.165) is 29.9 Å². The second kappa shape index (κ2) is 9.05. The zero-order valence-corrected chi connectivity index (χ0v) is 14.7. The molecule has 0 saturated carbocycles. The van der Waals surface area contributed by atoms with Crippen molar-refractivity contribution < 1.29 is 4.79 Å². The van der Waals surface area contributed by atoms with E-state index in [1.807, 2.05) is 31.2 Å². The first-order chi connectivity index (χ1) is 11.6. The first-order valence-electron chi connectivity index (χ1n) is 8.66. The molecule has 0 bridgehead atoms. The molecule has 3 N–H and O–H groups in total. The molecule has 0 fully saturated rings. The predicted octanol–water partition coefficient (Wildman–Crippen LogP) is 4.12. The van der Waals surface area contributed by atoms with E-state index >= 15 is 0 Å². The quantitative estimate of drug-likeness (QED) is 0.681. The van der Waals surface area contributed by atoms with E-state index in [1.54, 1.807) is 0 Å². The molecule has 0 saturated heterocycles. The average Bonchev–Trinajstić information content (AvgIpc) is 3.02. The zero-order chi connectivity index (χ0) is 17.4. The molecule has 1 unspecified atom stereocenters. The van der Waals surface area contributed by atoms with E-state index in [1.165, 1.54) is 12.8 Å². The van der Waals surface area contributed by atoms with Crippen molar-refractivity contribution in [3.05, 3.63) is 30.1 Å². The summed E-state index contributed by atoms with van der Waals surface area (Å²) in [5.41, 5.74) is 1.60. The maximum atomic E-state index is 12.1. The van der Waals surface area contributed by atoms with Gasteiger partial charge in [-0.1, -0.05) is 45.2 Å². The van der Waals surface area contributed by atoms with Crippen LogP contribution in [0.1, 0.15) is 45.4 Å². The van der Waals surface area contributed by atoms with Gasteiger partial charge in [-0.25, -0.2) is 9.78 Å². The predicted molar refractivity (Wildman–Crippen MR) is 96.9 cm³/mol. The first kappa shape index (κ1) is 18.0. The third-order valence-electron chi connectivity index (χ3n) is 4.07. The summed E-state index contributed by atoms with van der Waals surface area (Å²) in [5, 5.41) is 12.8. The number of aromatic amines is 1. The molecule has 2 rings (SSSR count). The van der Waals surface area contributed by atoms with Crippen LogP contribution in [0.4, 0.5) is 10.5 Å². The van der Waals surface area contributed by atoms with E-state index < -0.39 is 0 Å². The molecule has 1 heterocycles. The molecule has 1 aromatic carbocycles. The Morgan fingerprint density at radius 2 is 2.17 bits per heavy atom. The maximum Gasteiger partial charge on any atom is 0.319 e. The first-order valence-corrected chi connectivity index (χ1v) is 8.66. The molecular formula is C18H27N5O. The van der Waals surface area contributed by atoms with Crippen molar-refractivity contribution in [1.29, 1.82) is 0 Å². The fourth-order valence-corrected chi connectivity index (χ4v) is 2.56. The van der Waals surface area contributed by atoms with E-state index in [9.17, 15) is 4.79 Å². The number of nitrogens with zero attached hydrogens (tertiary/aromatic N) is 2. The van der Waals surface area contributed by atoms with Gasteiger partial charge in [0, 0.05) is 17.8 Å². The van der Waals surface area contributed by atoms with Crippen molar-refractivity contribution in [3.63, 3.8) is 0 Å². The van der Waals surface area contributed by atoms with Gasteiger partial charge in [0.25, 0.3) is 0 Å². The van der Waals surface area contributed by atoms with Gasteiger partial charge in [-0.3, -0.25) is 5.10 Å². The Morgan fingerprint density at radius 1 is 1.33 bits per heavy atom. The summed E-state index contributed by atoms with van der Waals surface area (Å²) in [6.07, 6.45) is 4.64. The van der Waals surface area contributed by atoms with Gasteiger partial charge in [0.05, 0.1) is 0 Å². The van der Waals surface area contributed by atoms with E-state index in [2.05, 4.69) is 39.7 Å². The number of amides is 2. The molecule has 24 heavy (non-hydrogen) atoms. The van der Waals surface area contributed by atoms with Crippen LogP contribution in [0.3, 0.4) is 0 Å². The number of unbranched alkanes of at least 4 members (excludes halogenated alkanes) is 1. The van der Waals surface area contributed by atoms with Gasteiger partial charge in [-0.15, -0.1) is 0 Å². The topological polar surface area (TPSA) is 82.7 Å². The molecule has 1 atom stereocenters. The van der Waals surface area contributed by atoms with Crippen LogP contribution in [-0.4, -0.2) is 27.8 Å². The Bertz CT molecular complexity index is 652. The summed E-state index contributed by atoms with van der Waals surface area (Å²) < 4.78 is 0. The van der Waals surface area contributed by atoms with Crippen molar-refractivity contribution in [2.75, 3.05) is 11.9 Å². The highest BCUT2D eigenvalue weighted by Crippen LogP contribution is 2.19. The fourth-order valence-electron chi connectivity index (χ4n) is 2.56. The smallest absolute Gasteiger partial charge is 0.319 e. The maximum absolute atomic E-state index is 12.1. The minimum atomic E-state index is -0.173. The lowest BCUT2D eigenvalue weighted by molar-refractivity contribution is 0.249. The zero-order valence-electron chi connectivity index (χ0n) is 14.7. The van der Waals surface area contributed by atoms with Gasteiger partial charge in [0.1, 0.15) is 5.82 Å². The summed E-state index contributed by atoms with van der Waals surface area (Å²) in [6, 6.07) is 7.36. The van der Waals surface area contributed by atoms with Crippen molar-refractivity contribution in [1.82, 2.24) is 20.5 Å². The number of hydrogen-bond donors (Lipinski definition) is 3. The molecular weight excluding hydrogens is 302 g/mol. The van der Waals surface area contributed by atoms with Crippen molar-refractivity contribution in [2.45, 2.75) is 46.5 Å².